The van der Waals surface area contributed by atoms with Gasteiger partial charge in [-0.15, -0.1) is 0 Å². The van der Waals surface area contributed by atoms with Gasteiger partial charge in [0.25, 0.3) is 0 Å². The number of hydrogen-bond acceptors (Lipinski definition) is 4. The smallest absolute Gasteiger partial charge is 0.227 e. The summed E-state index contributed by atoms with van der Waals surface area (Å²) in [6.07, 6.45) is 0.240. The SMILES string of the molecule is CC(C)(C)CNC(=O)C1CC(=O)N(c2ccc3c(c2)OCCO3)C1. The van der Waals surface area contributed by atoms with E-state index >= 15 is 0 Å². The van der Waals surface area contributed by atoms with Gasteiger partial charge in [-0.05, 0) is 17.5 Å². The van der Waals surface area contributed by atoms with Crippen LogP contribution >= 0.6 is 0 Å². The van der Waals surface area contributed by atoms with Gasteiger partial charge in [-0.25, -0.2) is 0 Å². The first-order chi connectivity index (χ1) is 11.3. The average Bonchev–Trinajstić information content (AvgIpc) is 2.93. The van der Waals surface area contributed by atoms with Crippen molar-refractivity contribution in [2.24, 2.45) is 11.3 Å². The normalized spacial score (nSPS) is 20.2. The van der Waals surface area contributed by atoms with Gasteiger partial charge in [0.1, 0.15) is 13.2 Å². The Labute approximate surface area is 142 Å². The second-order valence-electron chi connectivity index (χ2n) is 7.51. The van der Waals surface area contributed by atoms with Crippen LogP contribution in [0, 0.1) is 11.3 Å². The molecule has 1 aromatic rings. The highest BCUT2D eigenvalue weighted by atomic mass is 16.6. The summed E-state index contributed by atoms with van der Waals surface area (Å²) in [6, 6.07) is 5.45. The molecule has 24 heavy (non-hydrogen) atoms. The van der Waals surface area contributed by atoms with Crippen molar-refractivity contribution in [1.82, 2.24) is 5.32 Å². The van der Waals surface area contributed by atoms with Crippen LogP contribution in [0.1, 0.15) is 27.2 Å². The van der Waals surface area contributed by atoms with Crippen molar-refractivity contribution in [2.45, 2.75) is 27.2 Å². The van der Waals surface area contributed by atoms with E-state index in [1.54, 1.807) is 4.90 Å². The summed E-state index contributed by atoms with van der Waals surface area (Å²) in [7, 11) is 0. The molecule has 2 heterocycles. The molecule has 6 heteroatoms. The minimum Gasteiger partial charge on any atom is -0.486 e. The summed E-state index contributed by atoms with van der Waals surface area (Å²) in [5.74, 6) is 0.928. The quantitative estimate of drug-likeness (QED) is 0.919. The Bertz CT molecular complexity index is 651. The van der Waals surface area contributed by atoms with E-state index in [1.165, 1.54) is 0 Å². The second-order valence-corrected chi connectivity index (χ2v) is 7.51. The fraction of sp³-hybridized carbons (Fsp3) is 0.556. The van der Waals surface area contributed by atoms with Crippen molar-refractivity contribution in [3.05, 3.63) is 18.2 Å². The monoisotopic (exact) mass is 332 g/mol. The molecular weight excluding hydrogens is 308 g/mol. The van der Waals surface area contributed by atoms with Gasteiger partial charge in [-0.1, -0.05) is 20.8 Å². The van der Waals surface area contributed by atoms with E-state index in [0.29, 0.717) is 37.8 Å². The molecule has 130 valence electrons. The zero-order valence-electron chi connectivity index (χ0n) is 14.4. The van der Waals surface area contributed by atoms with Crippen LogP contribution in [0.2, 0.25) is 0 Å². The first kappa shape index (κ1) is 16.6. The zero-order valence-corrected chi connectivity index (χ0v) is 14.4. The molecular formula is C18H24N2O4. The number of fused-ring (bicyclic) bond motifs is 1. The highest BCUT2D eigenvalue weighted by Crippen LogP contribution is 2.36. The van der Waals surface area contributed by atoms with Gasteiger partial charge >= 0.3 is 0 Å². The molecule has 0 radical (unpaired) electrons. The van der Waals surface area contributed by atoms with Crippen molar-refractivity contribution in [3.63, 3.8) is 0 Å². The molecule has 2 aliphatic heterocycles. The Morgan fingerprint density at radius 1 is 1.25 bits per heavy atom. The van der Waals surface area contributed by atoms with Crippen LogP contribution in [0.5, 0.6) is 11.5 Å². The summed E-state index contributed by atoms with van der Waals surface area (Å²) in [5, 5.41) is 2.94. The van der Waals surface area contributed by atoms with E-state index in [4.69, 9.17) is 9.47 Å². The second kappa shape index (κ2) is 6.34. The van der Waals surface area contributed by atoms with Crippen molar-refractivity contribution < 1.29 is 19.1 Å². The standard InChI is InChI=1S/C18H24N2O4/c1-18(2,3)11-19-17(22)12-8-16(21)20(10-12)13-4-5-14-15(9-13)24-7-6-23-14/h4-5,9,12H,6-8,10-11H2,1-3H3,(H,19,22). The molecule has 2 amide bonds. The van der Waals surface area contributed by atoms with Gasteiger partial charge in [0.05, 0.1) is 5.92 Å². The Balaban J connectivity index is 1.67. The van der Waals surface area contributed by atoms with E-state index in [0.717, 1.165) is 5.69 Å². The fourth-order valence-corrected chi connectivity index (χ4v) is 2.83. The molecule has 0 aromatic heterocycles. The van der Waals surface area contributed by atoms with Crippen molar-refractivity contribution in [2.75, 3.05) is 31.2 Å². The molecule has 0 aliphatic carbocycles. The minimum absolute atomic E-state index is 0.0216. The van der Waals surface area contributed by atoms with Crippen molar-refractivity contribution >= 4 is 17.5 Å². The molecule has 3 rings (SSSR count). The summed E-state index contributed by atoms with van der Waals surface area (Å²) < 4.78 is 11.1. The average molecular weight is 332 g/mol. The number of nitrogens with zero attached hydrogens (tertiary/aromatic N) is 1. The van der Waals surface area contributed by atoms with Crippen molar-refractivity contribution in [1.29, 1.82) is 0 Å². The topological polar surface area (TPSA) is 67.9 Å². The maximum absolute atomic E-state index is 12.3. The zero-order chi connectivity index (χ0) is 17.3. The Morgan fingerprint density at radius 2 is 1.96 bits per heavy atom. The third-order valence-corrected chi connectivity index (χ3v) is 4.13. The first-order valence-electron chi connectivity index (χ1n) is 8.31. The third-order valence-electron chi connectivity index (χ3n) is 4.13. The number of anilines is 1. The molecule has 0 spiro atoms. The molecule has 2 aliphatic rings. The van der Waals surface area contributed by atoms with Crippen molar-refractivity contribution in [3.8, 4) is 11.5 Å². The Morgan fingerprint density at radius 3 is 2.67 bits per heavy atom. The summed E-state index contributed by atoms with van der Waals surface area (Å²) >= 11 is 0. The van der Waals surface area contributed by atoms with Gasteiger partial charge in [-0.3, -0.25) is 9.59 Å². The number of hydrogen-bond donors (Lipinski definition) is 1. The van der Waals surface area contributed by atoms with Gasteiger partial charge in [0.2, 0.25) is 11.8 Å². The van der Waals surface area contributed by atoms with Crippen LogP contribution in [0.4, 0.5) is 5.69 Å². The van der Waals surface area contributed by atoms with Gasteiger partial charge < -0.3 is 19.7 Å². The molecule has 6 nitrogen and oxygen atoms in total. The van der Waals surface area contributed by atoms with Crippen LogP contribution in [-0.4, -0.2) is 38.1 Å². The van der Waals surface area contributed by atoms with E-state index in [9.17, 15) is 9.59 Å². The minimum atomic E-state index is -0.312. The Kier molecular flexibility index (Phi) is 4.39. The van der Waals surface area contributed by atoms with Gasteiger partial charge in [0.15, 0.2) is 11.5 Å². The molecule has 1 fully saturated rings. The fourth-order valence-electron chi connectivity index (χ4n) is 2.83. The molecule has 1 N–H and O–H groups in total. The predicted molar refractivity (Wildman–Crippen MR) is 90.4 cm³/mol. The molecule has 1 unspecified atom stereocenters. The highest BCUT2D eigenvalue weighted by molar-refractivity contribution is 6.00. The van der Waals surface area contributed by atoms with E-state index in [2.05, 4.69) is 26.1 Å². The molecule has 1 aromatic carbocycles. The number of carbonyl (C=O) groups excluding carboxylic acids is 2. The number of benzene rings is 1. The molecule has 1 atom stereocenters. The summed E-state index contributed by atoms with van der Waals surface area (Å²) in [6.45, 7) is 8.22. The highest BCUT2D eigenvalue weighted by Gasteiger charge is 2.35. The van der Waals surface area contributed by atoms with E-state index in [1.807, 2.05) is 18.2 Å². The lowest BCUT2D eigenvalue weighted by Gasteiger charge is -2.22. The maximum atomic E-state index is 12.3. The lowest BCUT2D eigenvalue weighted by molar-refractivity contribution is -0.126. The van der Waals surface area contributed by atoms with Crippen LogP contribution in [0.25, 0.3) is 0 Å². The number of amides is 2. The van der Waals surface area contributed by atoms with Crippen LogP contribution in [0.3, 0.4) is 0 Å². The van der Waals surface area contributed by atoms with E-state index < -0.39 is 0 Å². The van der Waals surface area contributed by atoms with Crippen LogP contribution < -0.4 is 19.7 Å². The number of nitrogens with one attached hydrogen (secondary N) is 1. The number of carbonyl (C=O) groups is 2. The lowest BCUT2D eigenvalue weighted by atomic mass is 9.96. The molecule has 0 saturated carbocycles. The summed E-state index contributed by atoms with van der Waals surface area (Å²) in [5.41, 5.74) is 0.767. The first-order valence-corrected chi connectivity index (χ1v) is 8.31. The molecule has 0 bridgehead atoms. The Hall–Kier alpha value is -2.24. The predicted octanol–water partition coefficient (Wildman–Crippen LogP) is 1.97. The van der Waals surface area contributed by atoms with Gasteiger partial charge in [0, 0.05) is 31.3 Å². The molecule has 1 saturated heterocycles. The lowest BCUT2D eigenvalue weighted by Crippen LogP contribution is -2.37. The summed E-state index contributed by atoms with van der Waals surface area (Å²) in [4.78, 5) is 26.3. The van der Waals surface area contributed by atoms with E-state index in [-0.39, 0.29) is 29.6 Å². The van der Waals surface area contributed by atoms with Crippen LogP contribution in [0.15, 0.2) is 18.2 Å². The third kappa shape index (κ3) is 3.63. The van der Waals surface area contributed by atoms with Gasteiger partial charge in [-0.2, -0.15) is 0 Å². The largest absolute Gasteiger partial charge is 0.486 e. The maximum Gasteiger partial charge on any atom is 0.227 e. The number of rotatable bonds is 3. The number of ether oxygens (including phenoxy) is 2. The van der Waals surface area contributed by atoms with Crippen LogP contribution in [-0.2, 0) is 9.59 Å².